The van der Waals surface area contributed by atoms with Crippen molar-refractivity contribution < 1.29 is 8.42 Å². The second-order valence-electron chi connectivity index (χ2n) is 4.62. The van der Waals surface area contributed by atoms with Crippen molar-refractivity contribution in [3.05, 3.63) is 65.7 Å². The van der Waals surface area contributed by atoms with Gasteiger partial charge in [-0.3, -0.25) is 4.98 Å². The lowest BCUT2D eigenvalue weighted by atomic mass is 10.3. The molecule has 1 N–H and O–H groups in total. The van der Waals surface area contributed by atoms with Crippen LogP contribution in [0.15, 0.2) is 59.9 Å². The molecule has 0 radical (unpaired) electrons. The third-order valence-electron chi connectivity index (χ3n) is 2.94. The van der Waals surface area contributed by atoms with Gasteiger partial charge < -0.3 is 0 Å². The molecule has 3 aromatic rings. The summed E-state index contributed by atoms with van der Waals surface area (Å²) in [6, 6.07) is 11.7. The first-order chi connectivity index (χ1) is 11.0. The highest BCUT2D eigenvalue weighted by Gasteiger charge is 2.19. The summed E-state index contributed by atoms with van der Waals surface area (Å²) in [7, 11) is -3.84. The normalized spacial score (nSPS) is 11.3. The molecule has 0 fully saturated rings. The van der Waals surface area contributed by atoms with Crippen LogP contribution in [0.1, 0.15) is 5.69 Å². The quantitative estimate of drug-likeness (QED) is 0.762. The summed E-state index contributed by atoms with van der Waals surface area (Å²) in [5.74, 6) is -0.0270. The van der Waals surface area contributed by atoms with E-state index >= 15 is 0 Å². The number of sulfonamides is 1. The number of rotatable bonds is 5. The molecular formula is C14H12ClN5O2S. The summed E-state index contributed by atoms with van der Waals surface area (Å²) in [6.07, 6.45) is 3.10. The van der Waals surface area contributed by atoms with Gasteiger partial charge >= 0.3 is 0 Å². The molecule has 0 atom stereocenters. The lowest BCUT2D eigenvalue weighted by Gasteiger charge is -2.06. The van der Waals surface area contributed by atoms with E-state index < -0.39 is 10.0 Å². The Bertz CT molecular complexity index is 912. The summed E-state index contributed by atoms with van der Waals surface area (Å²) in [5.41, 5.74) is 0.790. The van der Waals surface area contributed by atoms with Gasteiger partial charge in [-0.2, -0.15) is 4.98 Å². The molecule has 1 aromatic carbocycles. The van der Waals surface area contributed by atoms with Gasteiger partial charge in [-0.15, -0.1) is 5.10 Å². The second kappa shape index (κ2) is 6.35. The van der Waals surface area contributed by atoms with Crippen LogP contribution in [0.3, 0.4) is 0 Å². The fourth-order valence-electron chi connectivity index (χ4n) is 1.91. The zero-order valence-corrected chi connectivity index (χ0v) is 13.4. The first-order valence-electron chi connectivity index (χ1n) is 6.61. The highest BCUT2D eigenvalue weighted by molar-refractivity contribution is 7.92. The van der Waals surface area contributed by atoms with Crippen LogP contribution in [0, 0.1) is 0 Å². The minimum Gasteiger partial charge on any atom is -0.259 e. The second-order valence-corrected chi connectivity index (χ2v) is 6.68. The molecule has 0 aliphatic carbocycles. The van der Waals surface area contributed by atoms with Crippen molar-refractivity contribution in [1.82, 2.24) is 19.7 Å². The highest BCUT2D eigenvalue weighted by Crippen LogP contribution is 2.22. The number of nitrogens with one attached hydrogen (secondary N) is 1. The van der Waals surface area contributed by atoms with Gasteiger partial charge in [0.1, 0.15) is 11.2 Å². The largest absolute Gasteiger partial charge is 0.265 e. The minimum atomic E-state index is -3.84. The van der Waals surface area contributed by atoms with E-state index in [9.17, 15) is 8.42 Å². The highest BCUT2D eigenvalue weighted by atomic mass is 35.5. The summed E-state index contributed by atoms with van der Waals surface area (Å²) in [5, 5.41) is 4.21. The smallest absolute Gasteiger partial charge is 0.259 e. The Morgan fingerprint density at radius 3 is 2.61 bits per heavy atom. The third-order valence-corrected chi connectivity index (χ3v) is 4.77. The zero-order valence-electron chi connectivity index (χ0n) is 11.8. The van der Waals surface area contributed by atoms with E-state index in [0.717, 1.165) is 5.69 Å². The molecule has 0 saturated heterocycles. The molecule has 0 spiro atoms. The average molecular weight is 350 g/mol. The van der Waals surface area contributed by atoms with Crippen molar-refractivity contribution in [3.8, 4) is 0 Å². The maximum atomic E-state index is 12.3. The molecular weight excluding hydrogens is 338 g/mol. The maximum Gasteiger partial charge on any atom is 0.265 e. The molecule has 3 rings (SSSR count). The predicted octanol–water partition coefficient (Wildman–Crippen LogP) is 2.18. The first kappa shape index (κ1) is 15.4. The summed E-state index contributed by atoms with van der Waals surface area (Å²) >= 11 is 5.91. The summed E-state index contributed by atoms with van der Waals surface area (Å²) in [6.45, 7) is 0.391. The van der Waals surface area contributed by atoms with Crippen LogP contribution in [-0.2, 0) is 16.6 Å². The van der Waals surface area contributed by atoms with Crippen molar-refractivity contribution in [2.75, 3.05) is 4.72 Å². The standard InChI is InChI=1S/C14H12ClN5O2S/c15-12-6-1-2-7-13(12)23(21,22)19-14-17-10-20(18-14)9-11-5-3-4-8-16-11/h1-8,10H,9H2,(H,18,19). The van der Waals surface area contributed by atoms with Gasteiger partial charge in [0.05, 0.1) is 17.3 Å². The Labute approximate surface area is 138 Å². The van der Waals surface area contributed by atoms with Crippen LogP contribution in [0.25, 0.3) is 0 Å². The number of benzene rings is 1. The number of anilines is 1. The van der Waals surface area contributed by atoms with Crippen LogP contribution in [0.2, 0.25) is 5.02 Å². The molecule has 0 unspecified atom stereocenters. The van der Waals surface area contributed by atoms with Crippen molar-refractivity contribution in [2.24, 2.45) is 0 Å². The molecule has 0 aliphatic rings. The molecule has 23 heavy (non-hydrogen) atoms. The van der Waals surface area contributed by atoms with Crippen molar-refractivity contribution in [2.45, 2.75) is 11.4 Å². The lowest BCUT2D eigenvalue weighted by Crippen LogP contribution is -2.15. The van der Waals surface area contributed by atoms with Crippen molar-refractivity contribution >= 4 is 27.6 Å². The Morgan fingerprint density at radius 1 is 1.09 bits per heavy atom. The van der Waals surface area contributed by atoms with Crippen LogP contribution < -0.4 is 4.72 Å². The summed E-state index contributed by atoms with van der Waals surface area (Å²) in [4.78, 5) is 8.09. The number of pyridine rings is 1. The van der Waals surface area contributed by atoms with Crippen LogP contribution in [0.5, 0.6) is 0 Å². The monoisotopic (exact) mass is 349 g/mol. The third kappa shape index (κ3) is 3.66. The molecule has 118 valence electrons. The number of halogens is 1. The van der Waals surface area contributed by atoms with Gasteiger partial charge in [0.25, 0.3) is 16.0 Å². The fourth-order valence-corrected chi connectivity index (χ4v) is 3.38. The first-order valence-corrected chi connectivity index (χ1v) is 8.47. The molecule has 0 saturated carbocycles. The lowest BCUT2D eigenvalue weighted by molar-refractivity contribution is 0.600. The number of hydrogen-bond acceptors (Lipinski definition) is 5. The molecule has 0 aliphatic heterocycles. The molecule has 0 bridgehead atoms. The van der Waals surface area contributed by atoms with E-state index in [1.807, 2.05) is 18.2 Å². The number of nitrogens with zero attached hydrogens (tertiary/aromatic N) is 4. The van der Waals surface area contributed by atoms with E-state index in [0.29, 0.717) is 6.54 Å². The van der Waals surface area contributed by atoms with Gasteiger partial charge in [-0.1, -0.05) is 29.8 Å². The van der Waals surface area contributed by atoms with Crippen molar-refractivity contribution in [1.29, 1.82) is 0 Å². The fraction of sp³-hybridized carbons (Fsp3) is 0.0714. The zero-order chi connectivity index (χ0) is 16.3. The van der Waals surface area contributed by atoms with Crippen LogP contribution in [0.4, 0.5) is 5.95 Å². The van der Waals surface area contributed by atoms with E-state index in [2.05, 4.69) is 19.8 Å². The number of hydrogen-bond donors (Lipinski definition) is 1. The Balaban J connectivity index is 1.78. The van der Waals surface area contributed by atoms with Crippen LogP contribution in [-0.4, -0.2) is 28.2 Å². The van der Waals surface area contributed by atoms with E-state index in [4.69, 9.17) is 11.6 Å². The van der Waals surface area contributed by atoms with Gasteiger partial charge in [0.15, 0.2) is 0 Å². The van der Waals surface area contributed by atoms with E-state index in [1.54, 1.807) is 18.3 Å². The molecule has 0 amide bonds. The minimum absolute atomic E-state index is 0.0252. The van der Waals surface area contributed by atoms with Crippen molar-refractivity contribution in [3.63, 3.8) is 0 Å². The molecule has 7 nitrogen and oxygen atoms in total. The Kier molecular flexibility index (Phi) is 4.26. The molecule has 2 aromatic heterocycles. The predicted molar refractivity (Wildman–Crippen MR) is 85.6 cm³/mol. The van der Waals surface area contributed by atoms with Gasteiger partial charge in [-0.25, -0.2) is 17.8 Å². The van der Waals surface area contributed by atoms with E-state index in [1.165, 1.54) is 23.1 Å². The topological polar surface area (TPSA) is 89.8 Å². The Morgan fingerprint density at radius 2 is 1.87 bits per heavy atom. The maximum absolute atomic E-state index is 12.3. The average Bonchev–Trinajstić information content (AvgIpc) is 2.95. The van der Waals surface area contributed by atoms with Gasteiger partial charge in [0, 0.05) is 6.20 Å². The van der Waals surface area contributed by atoms with Crippen LogP contribution >= 0.6 is 11.6 Å². The summed E-state index contributed by atoms with van der Waals surface area (Å²) < 4.78 is 28.4. The Hall–Kier alpha value is -2.45. The SMILES string of the molecule is O=S(=O)(Nc1ncn(Cc2ccccn2)n1)c1ccccc1Cl. The van der Waals surface area contributed by atoms with Gasteiger partial charge in [0.2, 0.25) is 0 Å². The molecule has 2 heterocycles. The molecule has 9 heteroatoms. The van der Waals surface area contributed by atoms with E-state index in [-0.39, 0.29) is 15.9 Å². The number of aromatic nitrogens is 4. The van der Waals surface area contributed by atoms with Gasteiger partial charge in [-0.05, 0) is 24.3 Å².